The number of benzene rings is 2. The average molecular weight is 376 g/mol. The Labute approximate surface area is 164 Å². The van der Waals surface area contributed by atoms with Crippen molar-refractivity contribution >= 4 is 28.8 Å². The number of hydrogen-bond donors (Lipinski definition) is 2. The number of urea groups is 1. The molecule has 0 aliphatic carbocycles. The molecule has 3 rings (SSSR count). The van der Waals surface area contributed by atoms with Gasteiger partial charge in [0.15, 0.2) is 5.82 Å². The summed E-state index contributed by atoms with van der Waals surface area (Å²) in [6.45, 7) is 10.1. The number of imide groups is 1. The molecule has 0 radical (unpaired) electrons. The van der Waals surface area contributed by atoms with Crippen LogP contribution in [0, 0.1) is 13.8 Å². The number of carbonyl (C=O) groups is 2. The summed E-state index contributed by atoms with van der Waals surface area (Å²) >= 11 is 0. The molecular formula is C22H24N4O2. The Balaban J connectivity index is 1.75. The van der Waals surface area contributed by atoms with Gasteiger partial charge in [0, 0.05) is 5.56 Å². The number of anilines is 1. The molecule has 3 aromatic rings. The molecule has 0 spiro atoms. The van der Waals surface area contributed by atoms with Crippen molar-refractivity contribution in [1.29, 1.82) is 0 Å². The van der Waals surface area contributed by atoms with Crippen LogP contribution in [0.4, 0.5) is 10.6 Å². The van der Waals surface area contributed by atoms with Crippen molar-refractivity contribution in [2.75, 3.05) is 5.32 Å². The fourth-order valence-electron chi connectivity index (χ4n) is 3.02. The van der Waals surface area contributed by atoms with E-state index in [-0.39, 0.29) is 11.2 Å². The van der Waals surface area contributed by atoms with Crippen LogP contribution in [0.5, 0.6) is 0 Å². The Kier molecular flexibility index (Phi) is 5.14. The molecule has 144 valence electrons. The van der Waals surface area contributed by atoms with Crippen LogP contribution >= 0.6 is 0 Å². The highest BCUT2D eigenvalue weighted by molar-refractivity contribution is 6.09. The zero-order chi connectivity index (χ0) is 20.5. The summed E-state index contributed by atoms with van der Waals surface area (Å²) in [5.74, 6) is -0.167. The van der Waals surface area contributed by atoms with Gasteiger partial charge in [0.1, 0.15) is 0 Å². The van der Waals surface area contributed by atoms with E-state index in [0.29, 0.717) is 11.1 Å². The predicted molar refractivity (Wildman–Crippen MR) is 111 cm³/mol. The molecule has 2 N–H and O–H groups in total. The van der Waals surface area contributed by atoms with Gasteiger partial charge >= 0.3 is 6.03 Å². The van der Waals surface area contributed by atoms with Crippen LogP contribution in [-0.2, 0) is 5.41 Å². The zero-order valence-electron chi connectivity index (χ0n) is 16.8. The molecule has 0 aliphatic rings. The van der Waals surface area contributed by atoms with Gasteiger partial charge in [0.25, 0.3) is 5.91 Å². The quantitative estimate of drug-likeness (QED) is 0.689. The molecule has 0 unspecified atom stereocenters. The summed E-state index contributed by atoms with van der Waals surface area (Å²) in [5, 5.41) is 4.92. The van der Waals surface area contributed by atoms with E-state index < -0.39 is 11.9 Å². The molecule has 6 nitrogen and oxygen atoms in total. The van der Waals surface area contributed by atoms with Crippen LogP contribution in [-0.4, -0.2) is 21.9 Å². The van der Waals surface area contributed by atoms with Crippen LogP contribution < -0.4 is 10.6 Å². The van der Waals surface area contributed by atoms with Crippen LogP contribution in [0.2, 0.25) is 0 Å². The molecule has 0 saturated heterocycles. The molecule has 3 amide bonds. The molecule has 0 saturated carbocycles. The van der Waals surface area contributed by atoms with E-state index in [2.05, 4.69) is 41.4 Å². The largest absolute Gasteiger partial charge is 0.327 e. The van der Waals surface area contributed by atoms with E-state index in [9.17, 15) is 9.59 Å². The molecule has 0 bridgehead atoms. The van der Waals surface area contributed by atoms with Gasteiger partial charge in [0.05, 0.1) is 17.2 Å². The monoisotopic (exact) mass is 376 g/mol. The number of aromatic nitrogens is 2. The summed E-state index contributed by atoms with van der Waals surface area (Å²) in [5.41, 5.74) is 4.72. The lowest BCUT2D eigenvalue weighted by atomic mass is 9.87. The van der Waals surface area contributed by atoms with Gasteiger partial charge < -0.3 is 0 Å². The molecule has 0 aliphatic heterocycles. The molecule has 28 heavy (non-hydrogen) atoms. The van der Waals surface area contributed by atoms with Crippen LogP contribution in [0.1, 0.15) is 47.8 Å². The number of fused-ring (bicyclic) bond motifs is 1. The van der Waals surface area contributed by atoms with E-state index in [0.717, 1.165) is 22.2 Å². The van der Waals surface area contributed by atoms with Gasteiger partial charge in [-0.25, -0.2) is 9.78 Å². The molecule has 0 fully saturated rings. The van der Waals surface area contributed by atoms with Gasteiger partial charge in [-0.1, -0.05) is 45.0 Å². The number of nitrogens with one attached hydrogen (secondary N) is 2. The Bertz CT molecular complexity index is 1050. The molecule has 1 aromatic heterocycles. The van der Waals surface area contributed by atoms with Crippen molar-refractivity contribution in [3.63, 3.8) is 0 Å². The minimum Gasteiger partial charge on any atom is -0.291 e. The number of nitrogens with zero attached hydrogens (tertiary/aromatic N) is 2. The smallest absolute Gasteiger partial charge is 0.291 e. The van der Waals surface area contributed by atoms with Gasteiger partial charge in [0.2, 0.25) is 0 Å². The summed E-state index contributed by atoms with van der Waals surface area (Å²) in [6.07, 6.45) is 1.48. The van der Waals surface area contributed by atoms with Crippen molar-refractivity contribution in [3.05, 3.63) is 64.8 Å². The molecule has 2 aromatic carbocycles. The SMILES string of the molecule is Cc1cccc(C)c1C(=O)NC(=O)Nc1cnc2cc(C(C)(C)C)ccc2n1. The van der Waals surface area contributed by atoms with Crippen molar-refractivity contribution in [2.45, 2.75) is 40.0 Å². The minimum atomic E-state index is -0.646. The summed E-state index contributed by atoms with van der Waals surface area (Å²) in [7, 11) is 0. The Morgan fingerprint density at radius 3 is 2.29 bits per heavy atom. The van der Waals surface area contributed by atoms with Crippen LogP contribution in [0.3, 0.4) is 0 Å². The topological polar surface area (TPSA) is 84.0 Å². The zero-order valence-corrected chi connectivity index (χ0v) is 16.8. The maximum absolute atomic E-state index is 12.4. The molecular weight excluding hydrogens is 352 g/mol. The predicted octanol–water partition coefficient (Wildman–Crippen LogP) is 4.51. The lowest BCUT2D eigenvalue weighted by molar-refractivity contribution is 0.0966. The van der Waals surface area contributed by atoms with Gasteiger partial charge in [-0.15, -0.1) is 0 Å². The van der Waals surface area contributed by atoms with E-state index in [4.69, 9.17) is 0 Å². The third kappa shape index (κ3) is 4.17. The van der Waals surface area contributed by atoms with Crippen molar-refractivity contribution < 1.29 is 9.59 Å². The van der Waals surface area contributed by atoms with Gasteiger partial charge in [-0.2, -0.15) is 0 Å². The normalized spacial score (nSPS) is 11.3. The number of hydrogen-bond acceptors (Lipinski definition) is 4. The van der Waals surface area contributed by atoms with E-state index in [1.807, 2.05) is 50.2 Å². The summed E-state index contributed by atoms with van der Waals surface area (Å²) in [4.78, 5) is 33.4. The second kappa shape index (κ2) is 7.38. The first-order valence-electron chi connectivity index (χ1n) is 9.11. The second-order valence-corrected chi connectivity index (χ2v) is 7.88. The fourth-order valence-corrected chi connectivity index (χ4v) is 3.02. The first kappa shape index (κ1) is 19.5. The molecule has 1 heterocycles. The van der Waals surface area contributed by atoms with Gasteiger partial charge in [-0.3, -0.25) is 20.4 Å². The maximum Gasteiger partial charge on any atom is 0.327 e. The highest BCUT2D eigenvalue weighted by Gasteiger charge is 2.17. The van der Waals surface area contributed by atoms with Crippen molar-refractivity contribution in [3.8, 4) is 0 Å². The third-order valence-corrected chi connectivity index (χ3v) is 4.59. The van der Waals surface area contributed by atoms with Crippen molar-refractivity contribution in [1.82, 2.24) is 15.3 Å². The number of carbonyl (C=O) groups excluding carboxylic acids is 2. The lowest BCUT2D eigenvalue weighted by Crippen LogP contribution is -2.35. The average Bonchev–Trinajstić information content (AvgIpc) is 2.60. The first-order valence-corrected chi connectivity index (χ1v) is 9.11. The van der Waals surface area contributed by atoms with E-state index in [1.54, 1.807) is 0 Å². The Morgan fingerprint density at radius 1 is 0.964 bits per heavy atom. The maximum atomic E-state index is 12.4. The highest BCUT2D eigenvalue weighted by Crippen LogP contribution is 2.25. The standard InChI is InChI=1S/C22H24N4O2/c1-13-7-6-8-14(2)19(13)20(27)26-21(28)25-18-12-23-17-11-15(22(3,4)5)9-10-16(17)24-18/h6-12H,1-5H3,(H2,24,25,26,27,28). The minimum absolute atomic E-state index is 0.0146. The Morgan fingerprint density at radius 2 is 1.64 bits per heavy atom. The Hall–Kier alpha value is -3.28. The van der Waals surface area contributed by atoms with Crippen LogP contribution in [0.25, 0.3) is 11.0 Å². The molecule has 6 heteroatoms. The number of rotatable bonds is 2. The van der Waals surface area contributed by atoms with E-state index >= 15 is 0 Å². The summed E-state index contributed by atoms with van der Waals surface area (Å²) < 4.78 is 0. The number of amides is 3. The summed E-state index contributed by atoms with van der Waals surface area (Å²) in [6, 6.07) is 10.8. The third-order valence-electron chi connectivity index (χ3n) is 4.59. The van der Waals surface area contributed by atoms with Gasteiger partial charge in [-0.05, 0) is 48.1 Å². The van der Waals surface area contributed by atoms with Crippen molar-refractivity contribution in [2.24, 2.45) is 0 Å². The van der Waals surface area contributed by atoms with Crippen LogP contribution in [0.15, 0.2) is 42.6 Å². The lowest BCUT2D eigenvalue weighted by Gasteiger charge is -2.19. The fraction of sp³-hybridized carbons (Fsp3) is 0.273. The second-order valence-electron chi connectivity index (χ2n) is 7.88. The molecule has 0 atom stereocenters. The first-order chi connectivity index (χ1) is 13.1. The van der Waals surface area contributed by atoms with E-state index in [1.165, 1.54) is 6.20 Å². The highest BCUT2D eigenvalue weighted by atomic mass is 16.2. The number of aryl methyl sites for hydroxylation is 2.